The van der Waals surface area contributed by atoms with E-state index in [1.54, 1.807) is 37.3 Å². The standard InChI is InChI=1S/C19H17N3O6/c1-3-28-17-15(22(25)26)10-12(11-16(17)27-2)9-14-18(23)20-21(19(14)24)13-7-5-4-6-8-13/h4-11H,3H2,1-2H3,(H,20,23). The van der Waals surface area contributed by atoms with Crippen LogP contribution in [0.15, 0.2) is 48.0 Å². The smallest absolute Gasteiger partial charge is 0.315 e. The monoisotopic (exact) mass is 383 g/mol. The Balaban J connectivity index is 2.03. The zero-order chi connectivity index (χ0) is 20.3. The highest BCUT2D eigenvalue weighted by atomic mass is 16.6. The second-order valence-electron chi connectivity index (χ2n) is 5.74. The van der Waals surface area contributed by atoms with Crippen molar-refractivity contribution in [3.8, 4) is 11.5 Å². The molecule has 2 amide bonds. The average Bonchev–Trinajstić information content (AvgIpc) is 2.97. The number of para-hydroxylation sites is 1. The molecule has 0 aromatic heterocycles. The molecule has 0 radical (unpaired) electrons. The first-order valence-electron chi connectivity index (χ1n) is 8.37. The van der Waals surface area contributed by atoms with E-state index in [9.17, 15) is 19.7 Å². The minimum absolute atomic E-state index is 0.00902. The van der Waals surface area contributed by atoms with Crippen molar-refractivity contribution in [2.24, 2.45) is 0 Å². The molecule has 2 aromatic carbocycles. The quantitative estimate of drug-likeness (QED) is 0.355. The zero-order valence-electron chi connectivity index (χ0n) is 15.2. The van der Waals surface area contributed by atoms with Gasteiger partial charge >= 0.3 is 5.69 Å². The normalized spacial score (nSPS) is 14.9. The van der Waals surface area contributed by atoms with Crippen LogP contribution in [0.4, 0.5) is 11.4 Å². The molecule has 9 heteroatoms. The lowest BCUT2D eigenvalue weighted by atomic mass is 10.1. The number of hydrogen-bond acceptors (Lipinski definition) is 6. The van der Waals surface area contributed by atoms with E-state index in [1.165, 1.54) is 25.3 Å². The minimum atomic E-state index is -0.609. The summed E-state index contributed by atoms with van der Waals surface area (Å²) in [6.45, 7) is 1.91. The highest BCUT2D eigenvalue weighted by Crippen LogP contribution is 2.39. The van der Waals surface area contributed by atoms with Gasteiger partial charge in [-0.15, -0.1) is 0 Å². The fourth-order valence-electron chi connectivity index (χ4n) is 2.75. The fraction of sp³-hybridized carbons (Fsp3) is 0.158. The lowest BCUT2D eigenvalue weighted by Crippen LogP contribution is -2.35. The number of hydrazine groups is 1. The van der Waals surface area contributed by atoms with Crippen molar-refractivity contribution in [1.29, 1.82) is 0 Å². The third kappa shape index (κ3) is 3.50. The maximum atomic E-state index is 12.6. The largest absolute Gasteiger partial charge is 0.493 e. The number of nitrogens with one attached hydrogen (secondary N) is 1. The lowest BCUT2D eigenvalue weighted by Gasteiger charge is -2.14. The van der Waals surface area contributed by atoms with Crippen molar-refractivity contribution in [2.75, 3.05) is 18.7 Å². The Labute approximate surface area is 160 Å². The Hall–Kier alpha value is -3.88. The molecule has 0 spiro atoms. The number of anilines is 1. The van der Waals surface area contributed by atoms with Crippen LogP contribution < -0.4 is 19.9 Å². The first-order valence-corrected chi connectivity index (χ1v) is 8.37. The summed E-state index contributed by atoms with van der Waals surface area (Å²) < 4.78 is 10.5. The van der Waals surface area contributed by atoms with E-state index in [0.717, 1.165) is 5.01 Å². The van der Waals surface area contributed by atoms with E-state index in [0.29, 0.717) is 5.69 Å². The summed E-state index contributed by atoms with van der Waals surface area (Å²) in [5.74, 6) is -1.05. The zero-order valence-corrected chi connectivity index (χ0v) is 15.2. The Morgan fingerprint density at radius 3 is 2.54 bits per heavy atom. The topological polar surface area (TPSA) is 111 Å². The molecule has 0 unspecified atom stereocenters. The maximum absolute atomic E-state index is 12.6. The molecule has 1 N–H and O–H groups in total. The Morgan fingerprint density at radius 1 is 1.21 bits per heavy atom. The number of rotatable bonds is 6. The molecule has 2 aromatic rings. The van der Waals surface area contributed by atoms with Crippen LogP contribution in [0, 0.1) is 10.1 Å². The van der Waals surface area contributed by atoms with E-state index in [2.05, 4.69) is 5.43 Å². The van der Waals surface area contributed by atoms with Crippen LogP contribution in [0.25, 0.3) is 6.08 Å². The molecule has 1 aliphatic heterocycles. The Morgan fingerprint density at radius 2 is 1.93 bits per heavy atom. The summed E-state index contributed by atoms with van der Waals surface area (Å²) >= 11 is 0. The number of ether oxygens (including phenoxy) is 2. The number of nitrogens with zero attached hydrogens (tertiary/aromatic N) is 2. The first-order chi connectivity index (χ1) is 13.5. The summed E-state index contributed by atoms with van der Waals surface area (Å²) in [4.78, 5) is 35.7. The SMILES string of the molecule is CCOc1c(OC)cc(C=C2C(=O)NN(c3ccccc3)C2=O)cc1[N+](=O)[O-]. The van der Waals surface area contributed by atoms with Gasteiger partial charge in [0.25, 0.3) is 11.8 Å². The highest BCUT2D eigenvalue weighted by Gasteiger charge is 2.34. The molecule has 144 valence electrons. The van der Waals surface area contributed by atoms with Crippen molar-refractivity contribution in [2.45, 2.75) is 6.92 Å². The fourth-order valence-corrected chi connectivity index (χ4v) is 2.75. The molecule has 0 atom stereocenters. The summed E-state index contributed by atoms with van der Waals surface area (Å²) in [7, 11) is 1.35. The van der Waals surface area contributed by atoms with Crippen LogP contribution in [0.3, 0.4) is 0 Å². The number of nitro groups is 1. The molecular weight excluding hydrogens is 366 g/mol. The third-order valence-corrected chi connectivity index (χ3v) is 3.98. The van der Waals surface area contributed by atoms with Crippen LogP contribution in [-0.4, -0.2) is 30.5 Å². The van der Waals surface area contributed by atoms with Gasteiger partial charge in [-0.25, -0.2) is 5.01 Å². The number of amides is 2. The lowest BCUT2D eigenvalue weighted by molar-refractivity contribution is -0.385. The molecule has 1 aliphatic rings. The van der Waals surface area contributed by atoms with E-state index >= 15 is 0 Å². The van der Waals surface area contributed by atoms with Crippen molar-refractivity contribution >= 4 is 29.3 Å². The highest BCUT2D eigenvalue weighted by molar-refractivity contribution is 6.31. The van der Waals surface area contributed by atoms with Gasteiger partial charge in [-0.1, -0.05) is 18.2 Å². The summed E-state index contributed by atoms with van der Waals surface area (Å²) in [6, 6.07) is 11.3. The molecule has 0 aliphatic carbocycles. The number of hydrogen-bond donors (Lipinski definition) is 1. The molecular formula is C19H17N3O6. The number of benzene rings is 2. The predicted octanol–water partition coefficient (Wildman–Crippen LogP) is 2.46. The molecule has 9 nitrogen and oxygen atoms in total. The average molecular weight is 383 g/mol. The van der Waals surface area contributed by atoms with Gasteiger partial charge in [0.15, 0.2) is 5.75 Å². The van der Waals surface area contributed by atoms with Crippen LogP contribution in [0.5, 0.6) is 11.5 Å². The number of carbonyl (C=O) groups is 2. The molecule has 1 heterocycles. The minimum Gasteiger partial charge on any atom is -0.493 e. The van der Waals surface area contributed by atoms with Crippen LogP contribution in [0.1, 0.15) is 12.5 Å². The Bertz CT molecular complexity index is 971. The van der Waals surface area contributed by atoms with Crippen LogP contribution in [0.2, 0.25) is 0 Å². The summed E-state index contributed by atoms with van der Waals surface area (Å²) in [5, 5.41) is 12.5. The van der Waals surface area contributed by atoms with Crippen molar-refractivity contribution in [1.82, 2.24) is 5.43 Å². The number of carbonyl (C=O) groups excluding carboxylic acids is 2. The molecule has 0 saturated carbocycles. The molecule has 28 heavy (non-hydrogen) atoms. The molecule has 3 rings (SSSR count). The van der Waals surface area contributed by atoms with Gasteiger partial charge in [-0.2, -0.15) is 0 Å². The van der Waals surface area contributed by atoms with Gasteiger partial charge < -0.3 is 9.47 Å². The van der Waals surface area contributed by atoms with Crippen molar-refractivity contribution < 1.29 is 24.0 Å². The molecule has 1 fully saturated rings. The summed E-state index contributed by atoms with van der Waals surface area (Å²) in [5.41, 5.74) is 2.77. The van der Waals surface area contributed by atoms with Gasteiger partial charge in [0, 0.05) is 6.07 Å². The number of methoxy groups -OCH3 is 1. The maximum Gasteiger partial charge on any atom is 0.315 e. The van der Waals surface area contributed by atoms with E-state index in [1.807, 2.05) is 0 Å². The number of nitro benzene ring substituents is 1. The first kappa shape index (κ1) is 18.9. The van der Waals surface area contributed by atoms with E-state index in [4.69, 9.17) is 9.47 Å². The van der Waals surface area contributed by atoms with Gasteiger partial charge in [-0.3, -0.25) is 25.1 Å². The summed E-state index contributed by atoms with van der Waals surface area (Å²) in [6.07, 6.45) is 1.28. The van der Waals surface area contributed by atoms with E-state index in [-0.39, 0.29) is 34.9 Å². The van der Waals surface area contributed by atoms with Crippen LogP contribution in [-0.2, 0) is 9.59 Å². The second kappa shape index (κ2) is 7.78. The molecule has 0 bridgehead atoms. The second-order valence-corrected chi connectivity index (χ2v) is 5.74. The van der Waals surface area contributed by atoms with E-state index < -0.39 is 16.7 Å². The van der Waals surface area contributed by atoms with Crippen LogP contribution >= 0.6 is 0 Å². The van der Waals surface area contributed by atoms with Gasteiger partial charge in [0.1, 0.15) is 5.57 Å². The predicted molar refractivity (Wildman–Crippen MR) is 101 cm³/mol. The molecule has 1 saturated heterocycles. The third-order valence-electron chi connectivity index (χ3n) is 3.98. The van der Waals surface area contributed by atoms with Crippen molar-refractivity contribution in [3.63, 3.8) is 0 Å². The Kier molecular flexibility index (Phi) is 5.25. The van der Waals surface area contributed by atoms with Gasteiger partial charge in [0.2, 0.25) is 5.75 Å². The van der Waals surface area contributed by atoms with Gasteiger partial charge in [-0.05, 0) is 36.8 Å². The van der Waals surface area contributed by atoms with Crippen molar-refractivity contribution in [3.05, 3.63) is 63.7 Å². The van der Waals surface area contributed by atoms with Gasteiger partial charge in [0.05, 0.1) is 24.3 Å².